The van der Waals surface area contributed by atoms with Crippen molar-refractivity contribution in [1.82, 2.24) is 9.80 Å². The van der Waals surface area contributed by atoms with E-state index in [0.717, 1.165) is 130 Å². The van der Waals surface area contributed by atoms with Crippen LogP contribution in [-0.4, -0.2) is 46.5 Å². The third-order valence-corrected chi connectivity index (χ3v) is 17.1. The van der Waals surface area contributed by atoms with E-state index in [2.05, 4.69) is 135 Å². The average molecular weight is 1030 g/mol. The number of aryl methyl sites for hydroxylation is 8. The van der Waals surface area contributed by atoms with Gasteiger partial charge in [0.15, 0.2) is 0 Å². The minimum Gasteiger partial charge on any atom is -0.274 e. The lowest BCUT2D eigenvalue weighted by Gasteiger charge is -2.34. The Balaban J connectivity index is 1.20. The van der Waals surface area contributed by atoms with Crippen molar-refractivity contribution in [1.29, 1.82) is 0 Å². The Morgan fingerprint density at radius 2 is 0.526 bits per heavy atom. The number of amides is 4. The van der Waals surface area contributed by atoms with Crippen molar-refractivity contribution in [2.24, 2.45) is 0 Å². The molecule has 2 aliphatic rings. The molecule has 78 heavy (non-hydrogen) atoms. The summed E-state index contributed by atoms with van der Waals surface area (Å²) in [6, 6.07) is 50.9. The van der Waals surface area contributed by atoms with E-state index < -0.39 is 0 Å². The van der Waals surface area contributed by atoms with Crippen LogP contribution in [0, 0.1) is 0 Å². The average Bonchev–Trinajstić information content (AvgIpc) is 3.02. The Labute approximate surface area is 461 Å². The summed E-state index contributed by atoms with van der Waals surface area (Å²) in [5.41, 5.74) is 11.0. The number of nitrogens with zero attached hydrogens (tertiary/aromatic N) is 2. The van der Waals surface area contributed by atoms with Crippen molar-refractivity contribution < 1.29 is 19.2 Å². The van der Waals surface area contributed by atoms with E-state index in [1.165, 1.54) is 35.1 Å². The predicted octanol–water partition coefficient (Wildman–Crippen LogP) is 16.8. The second-order valence-corrected chi connectivity index (χ2v) is 22.3. The van der Waals surface area contributed by atoms with Gasteiger partial charge in [-0.25, -0.2) is 0 Å². The quantitative estimate of drug-likeness (QED) is 0.0234. The molecule has 6 heteroatoms. The van der Waals surface area contributed by atoms with Crippen molar-refractivity contribution in [3.8, 4) is 0 Å². The zero-order valence-electron chi connectivity index (χ0n) is 45.9. The van der Waals surface area contributed by atoms with Crippen molar-refractivity contribution in [2.75, 3.05) is 13.1 Å². The number of rotatable bonds is 26. The fourth-order valence-electron chi connectivity index (χ4n) is 13.0. The molecule has 0 saturated heterocycles. The molecule has 0 fully saturated rings. The zero-order valence-corrected chi connectivity index (χ0v) is 45.9. The topological polar surface area (TPSA) is 74.8 Å². The standard InChI is InChI=1S/C72H74N2O4/c1-3-5-7-9-11-25-43-73-69(75)61-53(39-35-49-27-17-13-18-28-49)45-57-59-47-55(41-37-51-31-21-15-22-32-51)63-68-64(72(78)74(71(63)77)44-26-12-10-8-6-4-2)56(42-38-52-33-23-16-24-34-52)48-60(66(59)68)58-46-54(40-36-50-29-19-14-20-30-50)62(70(73)76)67(61)65(57)58/h13-24,27-34,45-48H,3-12,25-26,35-44H2,1-2H3. The fraction of sp³-hybridized carbons (Fsp3) is 0.333. The van der Waals surface area contributed by atoms with E-state index in [1.54, 1.807) is 9.80 Å². The van der Waals surface area contributed by atoms with Crippen LogP contribution in [-0.2, 0) is 51.4 Å². The molecule has 2 heterocycles. The number of unbranched alkanes of at least 4 members (excludes halogenated alkanes) is 10. The molecule has 9 aromatic carbocycles. The second-order valence-electron chi connectivity index (χ2n) is 22.3. The molecule has 6 nitrogen and oxygen atoms in total. The molecule has 9 aromatic rings. The Morgan fingerprint density at radius 3 is 0.782 bits per heavy atom. The molecule has 0 aromatic heterocycles. The highest BCUT2D eigenvalue weighted by atomic mass is 16.2. The number of benzene rings is 9. The highest BCUT2D eigenvalue weighted by molar-refractivity contribution is 6.42. The number of hydrogen-bond acceptors (Lipinski definition) is 4. The van der Waals surface area contributed by atoms with Gasteiger partial charge >= 0.3 is 0 Å². The first-order valence-corrected chi connectivity index (χ1v) is 29.5. The van der Waals surface area contributed by atoms with Crippen LogP contribution in [0.25, 0.3) is 43.1 Å². The summed E-state index contributed by atoms with van der Waals surface area (Å²) >= 11 is 0. The number of carbonyl (C=O) groups is 4. The van der Waals surface area contributed by atoms with Crippen LogP contribution >= 0.6 is 0 Å². The number of imide groups is 2. The van der Waals surface area contributed by atoms with E-state index in [4.69, 9.17) is 0 Å². The van der Waals surface area contributed by atoms with Gasteiger partial charge in [-0.05, 0) is 165 Å². The molecular formula is C72H74N2O4. The molecule has 0 bridgehead atoms. The van der Waals surface area contributed by atoms with Gasteiger partial charge in [-0.1, -0.05) is 199 Å². The SMILES string of the molecule is CCCCCCCCN1C(=O)c2c(CCc3ccccc3)cc3c4cc(CCc5ccccc5)c5c6c(c(CCc7ccccc7)cc(c7cc(CCc8ccccc8)c(c2c37)C1=O)c64)C(=O)N(CCCCCCCC)C5=O. The highest BCUT2D eigenvalue weighted by Crippen LogP contribution is 2.50. The maximum absolute atomic E-state index is 15.6. The monoisotopic (exact) mass is 1030 g/mol. The van der Waals surface area contributed by atoms with Crippen LogP contribution in [0.1, 0.15) is 177 Å². The van der Waals surface area contributed by atoms with Gasteiger partial charge in [-0.15, -0.1) is 0 Å². The third kappa shape index (κ3) is 10.5. The van der Waals surface area contributed by atoms with Gasteiger partial charge in [-0.3, -0.25) is 29.0 Å². The summed E-state index contributed by atoms with van der Waals surface area (Å²) in [7, 11) is 0. The summed E-state index contributed by atoms with van der Waals surface area (Å²) in [4.78, 5) is 65.6. The van der Waals surface area contributed by atoms with E-state index >= 15 is 19.2 Å². The van der Waals surface area contributed by atoms with Crippen LogP contribution in [0.4, 0.5) is 0 Å². The van der Waals surface area contributed by atoms with Gasteiger partial charge in [0.05, 0.1) is 22.3 Å². The van der Waals surface area contributed by atoms with Gasteiger partial charge in [0, 0.05) is 23.9 Å². The van der Waals surface area contributed by atoms with E-state index in [0.29, 0.717) is 86.7 Å². The second kappa shape index (κ2) is 24.1. The first kappa shape index (κ1) is 52.6. The molecule has 2 aliphatic heterocycles. The van der Waals surface area contributed by atoms with E-state index in [-0.39, 0.29) is 23.6 Å². The van der Waals surface area contributed by atoms with Crippen molar-refractivity contribution >= 4 is 66.7 Å². The molecule has 4 amide bonds. The van der Waals surface area contributed by atoms with E-state index in [1.807, 2.05) is 24.3 Å². The van der Waals surface area contributed by atoms with Gasteiger partial charge in [0.2, 0.25) is 0 Å². The van der Waals surface area contributed by atoms with Crippen molar-refractivity contribution in [3.63, 3.8) is 0 Å². The summed E-state index contributed by atoms with van der Waals surface area (Å²) in [6.07, 6.45) is 17.8. The minimum absolute atomic E-state index is 0.202. The summed E-state index contributed by atoms with van der Waals surface area (Å²) in [5.74, 6) is -0.809. The molecule has 0 saturated carbocycles. The van der Waals surface area contributed by atoms with Gasteiger partial charge in [-0.2, -0.15) is 0 Å². The number of fused-ring (bicyclic) bond motifs is 2. The van der Waals surface area contributed by atoms with Crippen LogP contribution in [0.3, 0.4) is 0 Å². The maximum Gasteiger partial charge on any atom is 0.261 e. The Kier molecular flexibility index (Phi) is 16.2. The van der Waals surface area contributed by atoms with E-state index in [9.17, 15) is 0 Å². The molecule has 0 unspecified atom stereocenters. The highest BCUT2D eigenvalue weighted by Gasteiger charge is 2.41. The summed E-state index contributed by atoms with van der Waals surface area (Å²) < 4.78 is 0. The molecule has 0 N–H and O–H groups in total. The lowest BCUT2D eigenvalue weighted by Crippen LogP contribution is -2.42. The molecule has 0 atom stereocenters. The number of carbonyl (C=O) groups excluding carboxylic acids is 4. The third-order valence-electron chi connectivity index (χ3n) is 17.1. The Morgan fingerprint density at radius 1 is 0.282 bits per heavy atom. The maximum atomic E-state index is 15.6. The molecular weight excluding hydrogens is 957 g/mol. The zero-order chi connectivity index (χ0) is 53.5. The largest absolute Gasteiger partial charge is 0.274 e. The van der Waals surface area contributed by atoms with Crippen LogP contribution < -0.4 is 0 Å². The molecule has 0 radical (unpaired) electrons. The lowest BCUT2D eigenvalue weighted by molar-refractivity contribution is 0.0590. The smallest absolute Gasteiger partial charge is 0.261 e. The van der Waals surface area contributed by atoms with Crippen molar-refractivity contribution in [3.05, 3.63) is 212 Å². The van der Waals surface area contributed by atoms with Crippen LogP contribution in [0.15, 0.2) is 146 Å². The minimum atomic E-state index is -0.202. The van der Waals surface area contributed by atoms with Gasteiger partial charge in [0.25, 0.3) is 23.6 Å². The summed E-state index contributed by atoms with van der Waals surface area (Å²) in [5, 5.41) is 7.22. The number of hydrogen-bond donors (Lipinski definition) is 0. The summed E-state index contributed by atoms with van der Waals surface area (Å²) in [6.45, 7) is 5.20. The van der Waals surface area contributed by atoms with Gasteiger partial charge in [0.1, 0.15) is 0 Å². The first-order valence-electron chi connectivity index (χ1n) is 29.5. The Hall–Kier alpha value is -7.44. The van der Waals surface area contributed by atoms with Gasteiger partial charge < -0.3 is 0 Å². The fourth-order valence-corrected chi connectivity index (χ4v) is 13.0. The van der Waals surface area contributed by atoms with Crippen LogP contribution in [0.5, 0.6) is 0 Å². The molecule has 0 aliphatic carbocycles. The first-order chi connectivity index (χ1) is 38.3. The predicted molar refractivity (Wildman–Crippen MR) is 321 cm³/mol. The molecule has 0 spiro atoms. The molecule has 11 rings (SSSR count). The lowest BCUT2D eigenvalue weighted by atomic mass is 9.76. The van der Waals surface area contributed by atoms with Crippen molar-refractivity contribution in [2.45, 2.75) is 142 Å². The normalized spacial score (nSPS) is 13.4. The van der Waals surface area contributed by atoms with Crippen LogP contribution in [0.2, 0.25) is 0 Å². The Bertz CT molecular complexity index is 3170. The molecule has 396 valence electrons.